The normalized spacial score (nSPS) is 30.1. The van der Waals surface area contributed by atoms with Gasteiger partial charge in [0.15, 0.2) is 0 Å². The fourth-order valence-electron chi connectivity index (χ4n) is 1.51. The van der Waals surface area contributed by atoms with Gasteiger partial charge in [-0.1, -0.05) is 0 Å². The first-order valence-corrected chi connectivity index (χ1v) is 4.33. The third-order valence-corrected chi connectivity index (χ3v) is 2.22. The van der Waals surface area contributed by atoms with E-state index in [1.54, 1.807) is 0 Å². The highest BCUT2D eigenvalue weighted by Gasteiger charge is 2.22. The molecule has 0 unspecified atom stereocenters. The minimum Gasteiger partial charge on any atom is -0.481 e. The first kappa shape index (κ1) is 9.48. The van der Waals surface area contributed by atoms with Crippen molar-refractivity contribution in [1.82, 2.24) is 5.32 Å². The highest BCUT2D eigenvalue weighted by atomic mass is 16.4. The van der Waals surface area contributed by atoms with Crippen LogP contribution in [0.3, 0.4) is 0 Å². The highest BCUT2D eigenvalue weighted by molar-refractivity contribution is 5.66. The summed E-state index contributed by atoms with van der Waals surface area (Å²) >= 11 is 0. The SMILES string of the molecule is O=C(O)CC[C@H]1NCCC[C@@H]1O. The number of hydrogen-bond donors (Lipinski definition) is 3. The minimum absolute atomic E-state index is 0.0187. The van der Waals surface area contributed by atoms with Crippen LogP contribution in [0.5, 0.6) is 0 Å². The number of carboxylic acid groups (broad SMARTS) is 1. The van der Waals surface area contributed by atoms with Crippen LogP contribution in [0, 0.1) is 0 Å². The van der Waals surface area contributed by atoms with Gasteiger partial charge in [0.1, 0.15) is 0 Å². The molecule has 1 aliphatic rings. The van der Waals surface area contributed by atoms with Crippen molar-refractivity contribution < 1.29 is 15.0 Å². The molecule has 0 spiro atoms. The molecule has 0 saturated carbocycles. The molecule has 0 aromatic carbocycles. The number of carboxylic acids is 1. The number of hydrogen-bond acceptors (Lipinski definition) is 3. The average Bonchev–Trinajstić information content (AvgIpc) is 2.03. The number of piperidine rings is 1. The Bertz CT molecular complexity index is 160. The van der Waals surface area contributed by atoms with E-state index in [1.807, 2.05) is 0 Å². The second kappa shape index (κ2) is 4.42. The lowest BCUT2D eigenvalue weighted by Gasteiger charge is -2.28. The molecular formula is C8H15NO3. The fraction of sp³-hybridized carbons (Fsp3) is 0.875. The maximum absolute atomic E-state index is 10.2. The van der Waals surface area contributed by atoms with Crippen LogP contribution in [0.1, 0.15) is 25.7 Å². The van der Waals surface area contributed by atoms with Crippen LogP contribution in [0.4, 0.5) is 0 Å². The summed E-state index contributed by atoms with van der Waals surface area (Å²) in [6.45, 7) is 0.890. The molecule has 1 fully saturated rings. The van der Waals surface area contributed by atoms with E-state index in [4.69, 9.17) is 5.11 Å². The van der Waals surface area contributed by atoms with Crippen molar-refractivity contribution in [3.63, 3.8) is 0 Å². The molecular weight excluding hydrogens is 158 g/mol. The lowest BCUT2D eigenvalue weighted by molar-refractivity contribution is -0.137. The van der Waals surface area contributed by atoms with Gasteiger partial charge in [0.2, 0.25) is 0 Å². The van der Waals surface area contributed by atoms with E-state index in [2.05, 4.69) is 5.32 Å². The van der Waals surface area contributed by atoms with Crippen molar-refractivity contribution in [3.8, 4) is 0 Å². The quantitative estimate of drug-likeness (QED) is 0.560. The van der Waals surface area contributed by atoms with Crippen LogP contribution in [-0.4, -0.2) is 34.9 Å². The molecule has 0 aliphatic carbocycles. The lowest BCUT2D eigenvalue weighted by atomic mass is 9.97. The minimum atomic E-state index is -0.797. The summed E-state index contributed by atoms with van der Waals surface area (Å²) in [7, 11) is 0. The summed E-state index contributed by atoms with van der Waals surface area (Å²) in [6, 6.07) is -0.0187. The molecule has 0 bridgehead atoms. The van der Waals surface area contributed by atoms with Gasteiger partial charge < -0.3 is 15.5 Å². The van der Waals surface area contributed by atoms with Gasteiger partial charge >= 0.3 is 5.97 Å². The van der Waals surface area contributed by atoms with Gasteiger partial charge in [-0.25, -0.2) is 0 Å². The Morgan fingerprint density at radius 2 is 2.33 bits per heavy atom. The summed E-state index contributed by atoms with van der Waals surface area (Å²) in [5.74, 6) is -0.797. The number of aliphatic hydroxyl groups is 1. The van der Waals surface area contributed by atoms with Gasteiger partial charge in [-0.2, -0.15) is 0 Å². The van der Waals surface area contributed by atoms with Crippen molar-refractivity contribution >= 4 is 5.97 Å². The Hall–Kier alpha value is -0.610. The van der Waals surface area contributed by atoms with E-state index in [9.17, 15) is 9.90 Å². The monoisotopic (exact) mass is 173 g/mol. The van der Waals surface area contributed by atoms with Gasteiger partial charge in [-0.05, 0) is 25.8 Å². The number of carbonyl (C=O) groups is 1. The number of aliphatic hydroxyl groups excluding tert-OH is 1. The summed E-state index contributed by atoms with van der Waals surface area (Å²) in [4.78, 5) is 10.2. The number of aliphatic carboxylic acids is 1. The largest absolute Gasteiger partial charge is 0.481 e. The Balaban J connectivity index is 2.24. The molecule has 0 aromatic rings. The lowest BCUT2D eigenvalue weighted by Crippen LogP contribution is -2.44. The van der Waals surface area contributed by atoms with E-state index in [1.165, 1.54) is 0 Å². The van der Waals surface area contributed by atoms with Crippen LogP contribution in [0.25, 0.3) is 0 Å². The molecule has 4 heteroatoms. The maximum atomic E-state index is 10.2. The summed E-state index contributed by atoms with van der Waals surface area (Å²) in [5.41, 5.74) is 0. The average molecular weight is 173 g/mol. The first-order valence-electron chi connectivity index (χ1n) is 4.33. The summed E-state index contributed by atoms with van der Waals surface area (Å²) in [6.07, 6.45) is 2.06. The summed E-state index contributed by atoms with van der Waals surface area (Å²) in [5, 5.41) is 21.0. The first-order chi connectivity index (χ1) is 5.70. The van der Waals surface area contributed by atoms with Crippen LogP contribution < -0.4 is 5.32 Å². The van der Waals surface area contributed by atoms with Gasteiger partial charge in [0, 0.05) is 12.5 Å². The third kappa shape index (κ3) is 2.79. The zero-order valence-electron chi connectivity index (χ0n) is 6.99. The van der Waals surface area contributed by atoms with Crippen molar-refractivity contribution in [1.29, 1.82) is 0 Å². The predicted molar refractivity (Wildman–Crippen MR) is 43.9 cm³/mol. The molecule has 2 atom stereocenters. The number of nitrogens with one attached hydrogen (secondary N) is 1. The van der Waals surface area contributed by atoms with Gasteiger partial charge in [0.25, 0.3) is 0 Å². The molecule has 1 saturated heterocycles. The standard InChI is InChI=1S/C8H15NO3/c10-7-2-1-5-9-6(7)3-4-8(11)12/h6-7,9-10H,1-5H2,(H,11,12)/t6-,7+/m1/s1. The zero-order chi connectivity index (χ0) is 8.97. The molecule has 4 nitrogen and oxygen atoms in total. The zero-order valence-corrected chi connectivity index (χ0v) is 6.99. The molecule has 1 heterocycles. The number of rotatable bonds is 3. The van der Waals surface area contributed by atoms with Crippen molar-refractivity contribution in [2.45, 2.75) is 37.8 Å². The van der Waals surface area contributed by atoms with Crippen LogP contribution in [0.2, 0.25) is 0 Å². The molecule has 12 heavy (non-hydrogen) atoms. The Morgan fingerprint density at radius 3 is 2.92 bits per heavy atom. The molecule has 0 amide bonds. The molecule has 3 N–H and O–H groups in total. The molecule has 70 valence electrons. The van der Waals surface area contributed by atoms with Gasteiger partial charge in [-0.15, -0.1) is 0 Å². The van der Waals surface area contributed by atoms with Crippen LogP contribution >= 0.6 is 0 Å². The topological polar surface area (TPSA) is 69.6 Å². The second-order valence-corrected chi connectivity index (χ2v) is 3.20. The molecule has 0 radical (unpaired) electrons. The van der Waals surface area contributed by atoms with E-state index >= 15 is 0 Å². The summed E-state index contributed by atoms with van der Waals surface area (Å²) < 4.78 is 0. The highest BCUT2D eigenvalue weighted by Crippen LogP contribution is 2.12. The van der Waals surface area contributed by atoms with Crippen molar-refractivity contribution in [3.05, 3.63) is 0 Å². The van der Waals surface area contributed by atoms with Crippen LogP contribution in [-0.2, 0) is 4.79 Å². The van der Waals surface area contributed by atoms with Crippen LogP contribution in [0.15, 0.2) is 0 Å². The molecule has 1 aliphatic heterocycles. The van der Waals surface area contributed by atoms with E-state index in [0.717, 1.165) is 19.4 Å². The fourth-order valence-corrected chi connectivity index (χ4v) is 1.51. The Kier molecular flexibility index (Phi) is 3.49. The predicted octanol–water partition coefficient (Wildman–Crippen LogP) is -0.0359. The maximum Gasteiger partial charge on any atom is 0.303 e. The molecule has 0 aromatic heterocycles. The van der Waals surface area contributed by atoms with Gasteiger partial charge in [-0.3, -0.25) is 4.79 Å². The smallest absolute Gasteiger partial charge is 0.303 e. The molecule has 1 rings (SSSR count). The van der Waals surface area contributed by atoms with E-state index in [-0.39, 0.29) is 18.6 Å². The third-order valence-electron chi connectivity index (χ3n) is 2.22. The van der Waals surface area contributed by atoms with Gasteiger partial charge in [0.05, 0.1) is 6.10 Å². The second-order valence-electron chi connectivity index (χ2n) is 3.20. The Morgan fingerprint density at radius 1 is 1.58 bits per heavy atom. The Labute approximate surface area is 71.6 Å². The van der Waals surface area contributed by atoms with E-state index in [0.29, 0.717) is 6.42 Å². The van der Waals surface area contributed by atoms with E-state index < -0.39 is 5.97 Å². The van der Waals surface area contributed by atoms with Crippen molar-refractivity contribution in [2.24, 2.45) is 0 Å². The van der Waals surface area contributed by atoms with Crippen molar-refractivity contribution in [2.75, 3.05) is 6.54 Å².